The van der Waals surface area contributed by atoms with Crippen molar-refractivity contribution in [2.45, 2.75) is 39.3 Å². The number of para-hydroxylation sites is 1. The molecule has 2 aromatic carbocycles. The number of benzene rings is 2. The van der Waals surface area contributed by atoms with E-state index >= 15 is 0 Å². The summed E-state index contributed by atoms with van der Waals surface area (Å²) in [6.07, 6.45) is 2.13. The van der Waals surface area contributed by atoms with Gasteiger partial charge in [0.25, 0.3) is 0 Å². The predicted octanol–water partition coefficient (Wildman–Crippen LogP) is 2.91. The molecule has 8 heteroatoms. The second-order valence-electron chi connectivity index (χ2n) is 9.51. The monoisotopic (exact) mass is 492 g/mol. The summed E-state index contributed by atoms with van der Waals surface area (Å²) in [5, 5.41) is 0. The first-order valence-corrected chi connectivity index (χ1v) is 12.7. The molecule has 3 amide bonds. The largest absolute Gasteiger partial charge is 0.497 e. The maximum atomic E-state index is 13.4. The molecule has 1 fully saturated rings. The maximum Gasteiger partial charge on any atom is 0.242 e. The van der Waals surface area contributed by atoms with Crippen LogP contribution >= 0.6 is 0 Å². The number of likely N-dealkylation sites (tertiary alicyclic amines) is 1. The van der Waals surface area contributed by atoms with Crippen molar-refractivity contribution in [3.63, 3.8) is 0 Å². The lowest BCUT2D eigenvalue weighted by molar-refractivity contribution is -0.138. The van der Waals surface area contributed by atoms with Crippen LogP contribution in [0.2, 0.25) is 0 Å². The Balaban J connectivity index is 1.59. The third kappa shape index (κ3) is 6.43. The number of anilines is 1. The molecule has 0 aromatic heterocycles. The molecule has 0 radical (unpaired) electrons. The van der Waals surface area contributed by atoms with Crippen molar-refractivity contribution in [1.82, 2.24) is 14.7 Å². The van der Waals surface area contributed by atoms with E-state index in [9.17, 15) is 14.4 Å². The zero-order chi connectivity index (χ0) is 25.5. The van der Waals surface area contributed by atoms with E-state index < -0.39 is 0 Å². The lowest BCUT2D eigenvalue weighted by atomic mass is 10.1. The Bertz CT molecular complexity index is 1090. The van der Waals surface area contributed by atoms with E-state index in [1.165, 1.54) is 0 Å². The van der Waals surface area contributed by atoms with E-state index in [1.54, 1.807) is 18.9 Å². The Hall–Kier alpha value is -3.39. The molecule has 4 rings (SSSR count). The molecule has 2 aliphatic rings. The number of amides is 3. The lowest BCUT2D eigenvalue weighted by Gasteiger charge is -2.29. The quantitative estimate of drug-likeness (QED) is 0.642. The van der Waals surface area contributed by atoms with Crippen LogP contribution in [-0.4, -0.2) is 78.8 Å². The van der Waals surface area contributed by atoms with Gasteiger partial charge >= 0.3 is 0 Å². The average molecular weight is 493 g/mol. The number of rotatable bonds is 5. The third-order valence-electron chi connectivity index (χ3n) is 6.96. The number of hydrogen-bond acceptors (Lipinski definition) is 5. The Morgan fingerprint density at radius 3 is 2.53 bits per heavy atom. The fourth-order valence-electron chi connectivity index (χ4n) is 5.00. The van der Waals surface area contributed by atoms with Gasteiger partial charge in [-0.25, -0.2) is 0 Å². The SMILES string of the molecule is COc1cccc(CN2CCCN(C(C)=O)c3ccccc3CN(C(=O)CN3CCCC3=O)CC2)c1. The number of hydrogen-bond donors (Lipinski definition) is 0. The van der Waals surface area contributed by atoms with Gasteiger partial charge in [-0.15, -0.1) is 0 Å². The fraction of sp³-hybridized carbons (Fsp3) is 0.464. The van der Waals surface area contributed by atoms with Gasteiger partial charge in [0, 0.05) is 64.8 Å². The maximum absolute atomic E-state index is 13.4. The molecular weight excluding hydrogens is 456 g/mol. The molecule has 0 atom stereocenters. The van der Waals surface area contributed by atoms with Crippen molar-refractivity contribution >= 4 is 23.4 Å². The summed E-state index contributed by atoms with van der Waals surface area (Å²) in [7, 11) is 1.66. The van der Waals surface area contributed by atoms with Crippen molar-refractivity contribution in [2.75, 3.05) is 51.3 Å². The molecule has 192 valence electrons. The molecule has 2 heterocycles. The van der Waals surface area contributed by atoms with Gasteiger partial charge in [0.05, 0.1) is 13.7 Å². The Labute approximate surface area is 213 Å². The fourth-order valence-corrected chi connectivity index (χ4v) is 5.00. The summed E-state index contributed by atoms with van der Waals surface area (Å²) in [5.74, 6) is 0.788. The van der Waals surface area contributed by atoms with Crippen LogP contribution in [0.4, 0.5) is 5.69 Å². The van der Waals surface area contributed by atoms with E-state index in [0.29, 0.717) is 39.1 Å². The number of carbonyl (C=O) groups is 3. The molecule has 0 aliphatic carbocycles. The minimum Gasteiger partial charge on any atom is -0.497 e. The van der Waals surface area contributed by atoms with Crippen LogP contribution in [0.15, 0.2) is 48.5 Å². The lowest BCUT2D eigenvalue weighted by Crippen LogP contribution is -2.43. The highest BCUT2D eigenvalue weighted by Crippen LogP contribution is 2.24. The molecule has 2 aromatic rings. The first kappa shape index (κ1) is 25.7. The summed E-state index contributed by atoms with van der Waals surface area (Å²) in [6, 6.07) is 15.8. The Kier molecular flexibility index (Phi) is 8.59. The van der Waals surface area contributed by atoms with Crippen LogP contribution in [-0.2, 0) is 27.5 Å². The smallest absolute Gasteiger partial charge is 0.242 e. The molecule has 36 heavy (non-hydrogen) atoms. The van der Waals surface area contributed by atoms with Crippen molar-refractivity contribution in [3.8, 4) is 5.75 Å². The van der Waals surface area contributed by atoms with Gasteiger partial charge in [0.1, 0.15) is 5.75 Å². The number of fused-ring (bicyclic) bond motifs is 1. The van der Waals surface area contributed by atoms with E-state index in [-0.39, 0.29) is 24.3 Å². The molecule has 0 bridgehead atoms. The first-order chi connectivity index (χ1) is 17.4. The van der Waals surface area contributed by atoms with Gasteiger partial charge in [0.2, 0.25) is 17.7 Å². The van der Waals surface area contributed by atoms with Crippen LogP contribution in [0, 0.1) is 0 Å². The van der Waals surface area contributed by atoms with Gasteiger partial charge in [-0.1, -0.05) is 30.3 Å². The second kappa shape index (κ2) is 12.0. The number of ether oxygens (including phenoxy) is 1. The summed E-state index contributed by atoms with van der Waals surface area (Å²) in [6.45, 7) is 6.07. The Morgan fingerprint density at radius 1 is 0.944 bits per heavy atom. The van der Waals surface area contributed by atoms with Crippen molar-refractivity contribution in [3.05, 3.63) is 59.7 Å². The van der Waals surface area contributed by atoms with Crippen LogP contribution in [0.5, 0.6) is 5.75 Å². The molecule has 0 spiro atoms. The zero-order valence-corrected chi connectivity index (χ0v) is 21.3. The van der Waals surface area contributed by atoms with Crippen LogP contribution in [0.1, 0.15) is 37.3 Å². The molecule has 2 aliphatic heterocycles. The van der Waals surface area contributed by atoms with E-state index in [2.05, 4.69) is 11.0 Å². The van der Waals surface area contributed by atoms with E-state index in [1.807, 2.05) is 52.3 Å². The summed E-state index contributed by atoms with van der Waals surface area (Å²) in [5.41, 5.74) is 2.92. The molecule has 1 saturated heterocycles. The minimum absolute atomic E-state index is 0.0124. The van der Waals surface area contributed by atoms with Crippen molar-refractivity contribution in [1.29, 1.82) is 0 Å². The van der Waals surface area contributed by atoms with Gasteiger partial charge in [-0.3, -0.25) is 19.3 Å². The normalized spacial score (nSPS) is 17.5. The highest BCUT2D eigenvalue weighted by atomic mass is 16.5. The van der Waals surface area contributed by atoms with Crippen LogP contribution < -0.4 is 9.64 Å². The van der Waals surface area contributed by atoms with Crippen molar-refractivity contribution < 1.29 is 19.1 Å². The van der Waals surface area contributed by atoms with Gasteiger partial charge in [0.15, 0.2) is 0 Å². The summed E-state index contributed by atoms with van der Waals surface area (Å²) < 4.78 is 5.39. The van der Waals surface area contributed by atoms with Crippen molar-refractivity contribution in [2.24, 2.45) is 0 Å². The number of nitrogens with zero attached hydrogens (tertiary/aromatic N) is 4. The van der Waals surface area contributed by atoms with Crippen LogP contribution in [0.25, 0.3) is 0 Å². The van der Waals surface area contributed by atoms with Gasteiger partial charge in [-0.2, -0.15) is 0 Å². The average Bonchev–Trinajstić information content (AvgIpc) is 3.26. The highest BCUT2D eigenvalue weighted by Gasteiger charge is 2.27. The van der Waals surface area contributed by atoms with Gasteiger partial charge in [-0.05, 0) is 42.2 Å². The molecule has 0 N–H and O–H groups in total. The Morgan fingerprint density at radius 2 is 1.78 bits per heavy atom. The predicted molar refractivity (Wildman–Crippen MR) is 139 cm³/mol. The second-order valence-corrected chi connectivity index (χ2v) is 9.51. The van der Waals surface area contributed by atoms with Gasteiger partial charge < -0.3 is 19.4 Å². The van der Waals surface area contributed by atoms with E-state index in [0.717, 1.165) is 48.5 Å². The number of carbonyl (C=O) groups excluding carboxylic acids is 3. The molecule has 8 nitrogen and oxygen atoms in total. The molecule has 0 saturated carbocycles. The van der Waals surface area contributed by atoms with E-state index in [4.69, 9.17) is 4.74 Å². The summed E-state index contributed by atoms with van der Waals surface area (Å²) >= 11 is 0. The minimum atomic E-state index is -0.0602. The zero-order valence-electron chi connectivity index (χ0n) is 21.3. The molecular formula is C28H36N4O4. The first-order valence-electron chi connectivity index (χ1n) is 12.7. The standard InChI is InChI=1S/C28H36N4O4/c1-22(33)32-15-7-13-29(19-23-8-5-10-25(18-23)36-2)16-17-31(20-24-9-3-4-11-26(24)32)28(35)21-30-14-6-12-27(30)34/h3-5,8-11,18H,6-7,12-17,19-21H2,1-2H3. The third-order valence-corrected chi connectivity index (χ3v) is 6.96. The summed E-state index contributed by atoms with van der Waals surface area (Å²) in [4.78, 5) is 45.9. The highest BCUT2D eigenvalue weighted by molar-refractivity contribution is 5.92. The topological polar surface area (TPSA) is 73.4 Å². The number of methoxy groups -OCH3 is 1. The molecule has 0 unspecified atom stereocenters. The van der Waals surface area contributed by atoms with Crippen LogP contribution in [0.3, 0.4) is 0 Å².